The summed E-state index contributed by atoms with van der Waals surface area (Å²) in [6.45, 7) is 0.210. The Morgan fingerprint density at radius 2 is 1.62 bits per heavy atom. The molecule has 1 amide bonds. The lowest BCUT2D eigenvalue weighted by atomic mass is 9.93. The van der Waals surface area contributed by atoms with Crippen molar-refractivity contribution in [3.05, 3.63) is 120 Å². The van der Waals surface area contributed by atoms with Crippen LogP contribution in [0.4, 0.5) is 0 Å². The van der Waals surface area contributed by atoms with Gasteiger partial charge in [0.1, 0.15) is 5.76 Å². The molecule has 5 rings (SSSR count). The Labute approximate surface area is 185 Å². The number of benzene rings is 3. The van der Waals surface area contributed by atoms with Crippen molar-refractivity contribution in [2.75, 3.05) is 0 Å². The van der Waals surface area contributed by atoms with Crippen molar-refractivity contribution >= 4 is 28.2 Å². The smallest absolute Gasteiger partial charge is 0.295 e. The Kier molecular flexibility index (Phi) is 5.00. The summed E-state index contributed by atoms with van der Waals surface area (Å²) in [6, 6.07) is 25.6. The number of likely N-dealkylation sites (tertiary alicyclic amines) is 1. The largest absolute Gasteiger partial charge is 0.507 e. The zero-order valence-corrected chi connectivity index (χ0v) is 17.2. The minimum Gasteiger partial charge on any atom is -0.507 e. The van der Waals surface area contributed by atoms with Gasteiger partial charge in [0.15, 0.2) is 0 Å². The second-order valence-corrected chi connectivity index (χ2v) is 7.76. The van der Waals surface area contributed by atoms with Crippen LogP contribution >= 0.6 is 0 Å². The van der Waals surface area contributed by atoms with E-state index < -0.39 is 17.7 Å². The third-order valence-electron chi connectivity index (χ3n) is 5.75. The van der Waals surface area contributed by atoms with Crippen LogP contribution in [0.5, 0.6) is 0 Å². The Morgan fingerprint density at radius 3 is 2.38 bits per heavy atom. The monoisotopic (exact) mass is 420 g/mol. The van der Waals surface area contributed by atoms with Gasteiger partial charge in [0.05, 0.1) is 11.6 Å². The van der Waals surface area contributed by atoms with Crippen LogP contribution in [0.25, 0.3) is 16.5 Å². The average Bonchev–Trinajstić information content (AvgIpc) is 3.09. The van der Waals surface area contributed by atoms with Crippen LogP contribution in [0, 0.1) is 0 Å². The van der Waals surface area contributed by atoms with E-state index in [1.54, 1.807) is 42.7 Å². The molecule has 1 aliphatic rings. The van der Waals surface area contributed by atoms with E-state index in [-0.39, 0.29) is 17.9 Å². The number of pyridine rings is 1. The number of ketones is 1. The number of hydrogen-bond donors (Lipinski definition) is 1. The highest BCUT2D eigenvalue weighted by atomic mass is 16.3. The van der Waals surface area contributed by atoms with Crippen LogP contribution in [0.15, 0.2) is 103 Å². The van der Waals surface area contributed by atoms with E-state index in [1.807, 2.05) is 54.6 Å². The third-order valence-corrected chi connectivity index (χ3v) is 5.75. The molecule has 1 N–H and O–H groups in total. The number of carbonyl (C=O) groups excluding carboxylic acids is 2. The van der Waals surface area contributed by atoms with Gasteiger partial charge in [-0.05, 0) is 34.0 Å². The second kappa shape index (κ2) is 8.12. The van der Waals surface area contributed by atoms with Gasteiger partial charge in [-0.15, -0.1) is 0 Å². The summed E-state index contributed by atoms with van der Waals surface area (Å²) in [5, 5.41) is 13.2. The maximum Gasteiger partial charge on any atom is 0.295 e. The normalized spacial score (nSPS) is 17.8. The summed E-state index contributed by atoms with van der Waals surface area (Å²) in [5.74, 6) is -1.49. The molecule has 4 aromatic rings. The molecule has 1 fully saturated rings. The van der Waals surface area contributed by atoms with E-state index in [0.717, 1.165) is 21.9 Å². The molecule has 5 heteroatoms. The second-order valence-electron chi connectivity index (χ2n) is 7.76. The van der Waals surface area contributed by atoms with Crippen LogP contribution in [0.1, 0.15) is 22.7 Å². The Morgan fingerprint density at radius 1 is 0.875 bits per heavy atom. The number of fused-ring (bicyclic) bond motifs is 1. The first-order valence-corrected chi connectivity index (χ1v) is 10.3. The van der Waals surface area contributed by atoms with Gasteiger partial charge in [-0.1, -0.05) is 72.8 Å². The number of amides is 1. The number of aliphatic hydroxyl groups excluding tert-OH is 1. The minimum absolute atomic E-state index is 0.0976. The minimum atomic E-state index is -0.708. The molecule has 1 saturated heterocycles. The molecule has 0 aliphatic carbocycles. The maximum absolute atomic E-state index is 13.1. The SMILES string of the molecule is O=C1C(=O)N(Cc2cccnc2)C(c2ccc3ccccc3c2)/C1=C(/O)c1ccccc1. The Hall–Kier alpha value is -4.25. The first kappa shape index (κ1) is 19.7. The van der Waals surface area contributed by atoms with Crippen LogP contribution in [0.3, 0.4) is 0 Å². The number of Topliss-reactive ketones (excluding diaryl/α,β-unsaturated/α-hetero) is 1. The van der Waals surface area contributed by atoms with Crippen LogP contribution in [0.2, 0.25) is 0 Å². The summed E-state index contributed by atoms with van der Waals surface area (Å²) < 4.78 is 0. The highest BCUT2D eigenvalue weighted by molar-refractivity contribution is 6.46. The first-order chi connectivity index (χ1) is 15.6. The number of aliphatic hydroxyl groups is 1. The molecular formula is C27H20N2O3. The molecule has 5 nitrogen and oxygen atoms in total. The van der Waals surface area contributed by atoms with Crippen molar-refractivity contribution < 1.29 is 14.7 Å². The fourth-order valence-corrected chi connectivity index (χ4v) is 4.21. The predicted octanol–water partition coefficient (Wildman–Crippen LogP) is 4.86. The molecule has 0 saturated carbocycles. The zero-order valence-electron chi connectivity index (χ0n) is 17.2. The molecule has 0 spiro atoms. The molecule has 1 aliphatic heterocycles. The van der Waals surface area contributed by atoms with E-state index >= 15 is 0 Å². The molecular weight excluding hydrogens is 400 g/mol. The summed E-state index contributed by atoms with van der Waals surface area (Å²) in [6.07, 6.45) is 3.34. The van der Waals surface area contributed by atoms with Crippen molar-refractivity contribution in [1.82, 2.24) is 9.88 Å². The van der Waals surface area contributed by atoms with E-state index in [2.05, 4.69) is 4.98 Å². The van der Waals surface area contributed by atoms with Crippen molar-refractivity contribution in [2.45, 2.75) is 12.6 Å². The average molecular weight is 420 g/mol. The molecule has 1 aromatic heterocycles. The summed E-state index contributed by atoms with van der Waals surface area (Å²) in [5.41, 5.74) is 2.17. The summed E-state index contributed by atoms with van der Waals surface area (Å²) in [7, 11) is 0. The maximum atomic E-state index is 13.1. The van der Waals surface area contributed by atoms with E-state index in [0.29, 0.717) is 5.56 Å². The highest BCUT2D eigenvalue weighted by Gasteiger charge is 2.46. The van der Waals surface area contributed by atoms with Gasteiger partial charge in [-0.2, -0.15) is 0 Å². The number of nitrogens with zero attached hydrogens (tertiary/aromatic N) is 2. The van der Waals surface area contributed by atoms with Gasteiger partial charge in [0, 0.05) is 24.5 Å². The molecule has 3 aromatic carbocycles. The van der Waals surface area contributed by atoms with Crippen molar-refractivity contribution in [1.29, 1.82) is 0 Å². The zero-order chi connectivity index (χ0) is 22.1. The summed E-state index contributed by atoms with van der Waals surface area (Å²) >= 11 is 0. The van der Waals surface area contributed by atoms with E-state index in [9.17, 15) is 14.7 Å². The van der Waals surface area contributed by atoms with Gasteiger partial charge in [-0.3, -0.25) is 14.6 Å². The van der Waals surface area contributed by atoms with E-state index in [1.165, 1.54) is 4.90 Å². The lowest BCUT2D eigenvalue weighted by Crippen LogP contribution is -2.29. The summed E-state index contributed by atoms with van der Waals surface area (Å²) in [4.78, 5) is 31.9. The lowest BCUT2D eigenvalue weighted by molar-refractivity contribution is -0.140. The highest BCUT2D eigenvalue weighted by Crippen LogP contribution is 2.41. The quantitative estimate of drug-likeness (QED) is 0.291. The standard InChI is InChI=1S/C27H20N2O3/c30-25(20-9-2-1-3-10-20)23-24(22-13-12-19-8-4-5-11-21(19)15-22)29(27(32)26(23)31)17-18-7-6-14-28-16-18/h1-16,24,30H,17H2/b25-23-. The van der Waals surface area contributed by atoms with Crippen LogP contribution in [-0.2, 0) is 16.1 Å². The molecule has 156 valence electrons. The van der Waals surface area contributed by atoms with Crippen molar-refractivity contribution in [3.63, 3.8) is 0 Å². The van der Waals surface area contributed by atoms with Gasteiger partial charge in [0.2, 0.25) is 0 Å². The number of aromatic nitrogens is 1. The molecule has 1 atom stereocenters. The van der Waals surface area contributed by atoms with Crippen LogP contribution in [-0.4, -0.2) is 26.7 Å². The number of rotatable bonds is 4. The first-order valence-electron chi connectivity index (χ1n) is 10.3. The molecule has 2 heterocycles. The fourth-order valence-electron chi connectivity index (χ4n) is 4.21. The molecule has 1 unspecified atom stereocenters. The van der Waals surface area contributed by atoms with Crippen LogP contribution < -0.4 is 0 Å². The third kappa shape index (κ3) is 3.44. The number of carbonyl (C=O) groups is 2. The number of hydrogen-bond acceptors (Lipinski definition) is 4. The predicted molar refractivity (Wildman–Crippen MR) is 122 cm³/mol. The molecule has 0 bridgehead atoms. The molecule has 0 radical (unpaired) electrons. The Balaban J connectivity index is 1.69. The van der Waals surface area contributed by atoms with Gasteiger partial charge >= 0.3 is 0 Å². The van der Waals surface area contributed by atoms with Crippen molar-refractivity contribution in [3.8, 4) is 0 Å². The van der Waals surface area contributed by atoms with E-state index in [4.69, 9.17) is 0 Å². The fraction of sp³-hybridized carbons (Fsp3) is 0.0741. The molecule has 32 heavy (non-hydrogen) atoms. The van der Waals surface area contributed by atoms with Gasteiger partial charge in [-0.25, -0.2) is 0 Å². The van der Waals surface area contributed by atoms with Gasteiger partial charge < -0.3 is 10.0 Å². The van der Waals surface area contributed by atoms with Gasteiger partial charge in [0.25, 0.3) is 11.7 Å². The topological polar surface area (TPSA) is 70.5 Å². The lowest BCUT2D eigenvalue weighted by Gasteiger charge is -2.25. The van der Waals surface area contributed by atoms with Crippen molar-refractivity contribution in [2.24, 2.45) is 0 Å². The Bertz CT molecular complexity index is 1350.